The lowest BCUT2D eigenvalue weighted by Gasteiger charge is -2.34. The number of aliphatic hydroxyl groups excluding tert-OH is 1. The number of aryl methyl sites for hydroxylation is 1. The molecule has 0 amide bonds. The summed E-state index contributed by atoms with van der Waals surface area (Å²) in [5.41, 5.74) is 3.40. The normalized spacial score (nSPS) is 19.1. The van der Waals surface area contributed by atoms with E-state index in [0.29, 0.717) is 6.61 Å². The van der Waals surface area contributed by atoms with Crippen LogP contribution in [0.15, 0.2) is 30.3 Å². The molecule has 0 spiro atoms. The number of anilines is 1. The van der Waals surface area contributed by atoms with E-state index < -0.39 is 0 Å². The van der Waals surface area contributed by atoms with E-state index in [1.807, 2.05) is 6.07 Å². The number of fused-ring (bicyclic) bond motifs is 1. The van der Waals surface area contributed by atoms with Gasteiger partial charge < -0.3 is 14.7 Å². The van der Waals surface area contributed by atoms with Crippen molar-refractivity contribution in [3.8, 4) is 0 Å². The van der Waals surface area contributed by atoms with Crippen molar-refractivity contribution in [3.05, 3.63) is 36.0 Å². The fourth-order valence-electron chi connectivity index (χ4n) is 2.90. The number of benzene rings is 1. The van der Waals surface area contributed by atoms with Crippen molar-refractivity contribution < 1.29 is 9.84 Å². The fourth-order valence-corrected chi connectivity index (χ4v) is 2.90. The van der Waals surface area contributed by atoms with Gasteiger partial charge in [-0.15, -0.1) is 0 Å². The van der Waals surface area contributed by atoms with Crippen LogP contribution in [0.3, 0.4) is 0 Å². The second-order valence-corrected chi connectivity index (χ2v) is 5.52. The monoisotopic (exact) mass is 286 g/mol. The molecule has 0 saturated carbocycles. The molecule has 1 aromatic heterocycles. The Kier molecular flexibility index (Phi) is 4.36. The molecule has 112 valence electrons. The van der Waals surface area contributed by atoms with Crippen LogP contribution in [0, 0.1) is 0 Å². The van der Waals surface area contributed by atoms with Crippen LogP contribution >= 0.6 is 0 Å². The summed E-state index contributed by atoms with van der Waals surface area (Å²) in [5, 5.41) is 10.5. The van der Waals surface area contributed by atoms with Gasteiger partial charge in [-0.25, -0.2) is 0 Å². The number of hydrogen-bond donors (Lipinski definition) is 1. The molecule has 1 unspecified atom stereocenters. The number of pyridine rings is 1. The number of aromatic nitrogens is 1. The van der Waals surface area contributed by atoms with Crippen molar-refractivity contribution >= 4 is 16.6 Å². The highest BCUT2D eigenvalue weighted by atomic mass is 16.5. The molecular formula is C17H22N2O2. The Hall–Kier alpha value is -1.65. The van der Waals surface area contributed by atoms with Crippen LogP contribution in [0.5, 0.6) is 0 Å². The minimum Gasteiger partial charge on any atom is -0.394 e. The second kappa shape index (κ2) is 6.41. The Bertz CT molecular complexity index is 615. The predicted molar refractivity (Wildman–Crippen MR) is 84.8 cm³/mol. The summed E-state index contributed by atoms with van der Waals surface area (Å²) in [6.45, 7) is 4.49. The summed E-state index contributed by atoms with van der Waals surface area (Å²) >= 11 is 0. The van der Waals surface area contributed by atoms with E-state index in [2.05, 4.69) is 36.1 Å². The molecule has 1 aromatic carbocycles. The molecule has 21 heavy (non-hydrogen) atoms. The summed E-state index contributed by atoms with van der Waals surface area (Å²) in [6, 6.07) is 10.5. The fraction of sp³-hybridized carbons (Fsp3) is 0.471. The number of rotatable bonds is 4. The highest BCUT2D eigenvalue weighted by Crippen LogP contribution is 2.28. The van der Waals surface area contributed by atoms with Gasteiger partial charge in [0.2, 0.25) is 0 Å². The number of para-hydroxylation sites is 1. The molecule has 3 rings (SSSR count). The number of nitrogens with zero attached hydrogens (tertiary/aromatic N) is 2. The van der Waals surface area contributed by atoms with Gasteiger partial charge >= 0.3 is 0 Å². The second-order valence-electron chi connectivity index (χ2n) is 5.52. The largest absolute Gasteiger partial charge is 0.394 e. The summed E-state index contributed by atoms with van der Waals surface area (Å²) in [5.74, 6) is 0. The zero-order valence-corrected chi connectivity index (χ0v) is 12.5. The number of morpholine rings is 1. The maximum atomic E-state index is 9.34. The molecule has 0 radical (unpaired) electrons. The molecule has 1 fully saturated rings. The SMILES string of the molecule is CCCc1cc(N2CCOC(CO)C2)c2ccccc2n1. The van der Waals surface area contributed by atoms with Gasteiger partial charge in [0.05, 0.1) is 24.8 Å². The van der Waals surface area contributed by atoms with Crippen LogP contribution in [-0.2, 0) is 11.2 Å². The Morgan fingerprint density at radius 3 is 3.05 bits per heavy atom. The van der Waals surface area contributed by atoms with Gasteiger partial charge in [-0.05, 0) is 18.6 Å². The van der Waals surface area contributed by atoms with Gasteiger partial charge in [0.15, 0.2) is 0 Å². The zero-order chi connectivity index (χ0) is 14.7. The van der Waals surface area contributed by atoms with E-state index in [-0.39, 0.29) is 12.7 Å². The topological polar surface area (TPSA) is 45.6 Å². The van der Waals surface area contributed by atoms with Gasteiger partial charge in [-0.3, -0.25) is 4.98 Å². The lowest BCUT2D eigenvalue weighted by molar-refractivity contribution is 0.00363. The maximum Gasteiger partial charge on any atom is 0.0980 e. The molecule has 2 aromatic rings. The van der Waals surface area contributed by atoms with Gasteiger partial charge in [0, 0.05) is 29.9 Å². The standard InChI is InChI=1S/C17H22N2O2/c1-2-5-13-10-17(15-6-3-4-7-16(15)18-13)19-8-9-21-14(11-19)12-20/h3-4,6-7,10,14,20H,2,5,8-9,11-12H2,1H3. The van der Waals surface area contributed by atoms with E-state index in [1.54, 1.807) is 0 Å². The highest BCUT2D eigenvalue weighted by molar-refractivity contribution is 5.92. The van der Waals surface area contributed by atoms with Crippen molar-refractivity contribution in [1.29, 1.82) is 0 Å². The lowest BCUT2D eigenvalue weighted by Crippen LogP contribution is -2.44. The quantitative estimate of drug-likeness (QED) is 0.937. The first-order valence-corrected chi connectivity index (χ1v) is 7.68. The lowest BCUT2D eigenvalue weighted by atomic mass is 10.1. The van der Waals surface area contributed by atoms with Crippen LogP contribution in [0.1, 0.15) is 19.0 Å². The molecule has 1 N–H and O–H groups in total. The number of hydrogen-bond acceptors (Lipinski definition) is 4. The molecule has 2 heterocycles. The average molecular weight is 286 g/mol. The predicted octanol–water partition coefficient (Wildman–Crippen LogP) is 2.38. The molecule has 1 aliphatic rings. The van der Waals surface area contributed by atoms with E-state index in [0.717, 1.165) is 37.1 Å². The third-order valence-corrected chi connectivity index (χ3v) is 3.94. The van der Waals surface area contributed by atoms with Crippen molar-refractivity contribution in [1.82, 2.24) is 4.98 Å². The third-order valence-electron chi connectivity index (χ3n) is 3.94. The molecular weight excluding hydrogens is 264 g/mol. The number of aliphatic hydroxyl groups is 1. The van der Waals surface area contributed by atoms with Crippen molar-refractivity contribution in [3.63, 3.8) is 0 Å². The van der Waals surface area contributed by atoms with E-state index in [1.165, 1.54) is 11.1 Å². The van der Waals surface area contributed by atoms with Crippen LogP contribution in [0.4, 0.5) is 5.69 Å². The van der Waals surface area contributed by atoms with E-state index in [9.17, 15) is 5.11 Å². The Balaban J connectivity index is 2.02. The van der Waals surface area contributed by atoms with Crippen molar-refractivity contribution in [2.75, 3.05) is 31.2 Å². The van der Waals surface area contributed by atoms with Gasteiger partial charge in [-0.2, -0.15) is 0 Å². The molecule has 1 saturated heterocycles. The maximum absolute atomic E-state index is 9.34. The summed E-state index contributed by atoms with van der Waals surface area (Å²) in [6.07, 6.45) is 1.99. The van der Waals surface area contributed by atoms with Gasteiger partial charge in [0.25, 0.3) is 0 Å². The van der Waals surface area contributed by atoms with E-state index >= 15 is 0 Å². The Morgan fingerprint density at radius 1 is 1.38 bits per heavy atom. The first-order valence-electron chi connectivity index (χ1n) is 7.68. The summed E-state index contributed by atoms with van der Waals surface area (Å²) in [7, 11) is 0. The first-order chi connectivity index (χ1) is 10.3. The van der Waals surface area contributed by atoms with E-state index in [4.69, 9.17) is 9.72 Å². The summed E-state index contributed by atoms with van der Waals surface area (Å²) < 4.78 is 5.56. The molecule has 4 nitrogen and oxygen atoms in total. The van der Waals surface area contributed by atoms with Gasteiger partial charge in [-0.1, -0.05) is 31.5 Å². The molecule has 1 aliphatic heterocycles. The van der Waals surface area contributed by atoms with Crippen LogP contribution in [0.2, 0.25) is 0 Å². The first kappa shape index (κ1) is 14.3. The van der Waals surface area contributed by atoms with Crippen molar-refractivity contribution in [2.45, 2.75) is 25.9 Å². The molecule has 4 heteroatoms. The Morgan fingerprint density at radius 2 is 2.24 bits per heavy atom. The minimum absolute atomic E-state index is 0.0708. The van der Waals surface area contributed by atoms with Crippen LogP contribution < -0.4 is 4.90 Å². The van der Waals surface area contributed by atoms with Crippen molar-refractivity contribution in [2.24, 2.45) is 0 Å². The zero-order valence-electron chi connectivity index (χ0n) is 12.5. The van der Waals surface area contributed by atoms with Gasteiger partial charge in [0.1, 0.15) is 0 Å². The average Bonchev–Trinajstić information content (AvgIpc) is 2.54. The highest BCUT2D eigenvalue weighted by Gasteiger charge is 2.21. The summed E-state index contributed by atoms with van der Waals surface area (Å²) in [4.78, 5) is 7.07. The third kappa shape index (κ3) is 3.01. The smallest absolute Gasteiger partial charge is 0.0980 e. The Labute approximate surface area is 125 Å². The minimum atomic E-state index is -0.0969. The van der Waals surface area contributed by atoms with Crippen LogP contribution in [-0.4, -0.2) is 42.5 Å². The van der Waals surface area contributed by atoms with Crippen LogP contribution in [0.25, 0.3) is 10.9 Å². The number of ether oxygens (including phenoxy) is 1. The molecule has 0 bridgehead atoms. The molecule has 1 atom stereocenters. The molecule has 0 aliphatic carbocycles.